The van der Waals surface area contributed by atoms with E-state index >= 15 is 0 Å². The molecule has 1 heterocycles. The van der Waals surface area contributed by atoms with Gasteiger partial charge in [-0.1, -0.05) is 72.8 Å². The fourth-order valence-corrected chi connectivity index (χ4v) is 5.04. The second kappa shape index (κ2) is 8.82. The lowest BCUT2D eigenvalue weighted by molar-refractivity contribution is -0.148. The standard InChI is InChI=1S/C29H27NO4/c30-27(32)23-13-7-12-22(16-23)24(21-14-15-21)25-26(31)29(34-28(25)33,17-19-8-3-1-4-9-19)18-20-10-5-2-6-11-20/h1-13,16,21,24,31H,14-15,17-18H2,(H2,30,32). The molecule has 3 aromatic rings. The van der Waals surface area contributed by atoms with E-state index in [-0.39, 0.29) is 17.6 Å². The Morgan fingerprint density at radius 2 is 1.53 bits per heavy atom. The molecule has 5 rings (SSSR count). The van der Waals surface area contributed by atoms with Crippen LogP contribution in [0, 0.1) is 5.92 Å². The Kier molecular flexibility index (Phi) is 5.70. The van der Waals surface area contributed by atoms with Crippen molar-refractivity contribution in [3.05, 3.63) is 119 Å². The molecule has 0 spiro atoms. The van der Waals surface area contributed by atoms with Crippen LogP contribution in [-0.4, -0.2) is 22.6 Å². The molecule has 1 aliphatic heterocycles. The average molecular weight is 454 g/mol. The van der Waals surface area contributed by atoms with Gasteiger partial charge >= 0.3 is 5.97 Å². The number of benzene rings is 3. The minimum absolute atomic E-state index is 0.00779. The maximum atomic E-state index is 13.4. The van der Waals surface area contributed by atoms with Crippen molar-refractivity contribution in [1.82, 2.24) is 0 Å². The molecule has 172 valence electrons. The highest BCUT2D eigenvalue weighted by atomic mass is 16.6. The molecule has 1 unspecified atom stereocenters. The summed E-state index contributed by atoms with van der Waals surface area (Å²) in [6.07, 6.45) is 2.62. The number of aliphatic hydroxyl groups is 1. The van der Waals surface area contributed by atoms with Crippen molar-refractivity contribution in [2.24, 2.45) is 11.7 Å². The minimum atomic E-state index is -1.19. The van der Waals surface area contributed by atoms with Gasteiger partial charge in [-0.25, -0.2) is 4.79 Å². The smallest absolute Gasteiger partial charge is 0.339 e. The molecule has 5 nitrogen and oxygen atoms in total. The van der Waals surface area contributed by atoms with Gasteiger partial charge in [-0.2, -0.15) is 0 Å². The second-order valence-corrected chi connectivity index (χ2v) is 9.28. The predicted molar refractivity (Wildman–Crippen MR) is 129 cm³/mol. The molecule has 1 fully saturated rings. The van der Waals surface area contributed by atoms with Gasteiger partial charge in [0.15, 0.2) is 5.60 Å². The molecule has 3 aromatic carbocycles. The summed E-state index contributed by atoms with van der Waals surface area (Å²) in [6, 6.07) is 26.5. The molecule has 34 heavy (non-hydrogen) atoms. The summed E-state index contributed by atoms with van der Waals surface area (Å²) in [7, 11) is 0. The lowest BCUT2D eigenvalue weighted by atomic mass is 9.81. The molecule has 1 atom stereocenters. The van der Waals surface area contributed by atoms with Crippen LogP contribution in [0.25, 0.3) is 0 Å². The predicted octanol–water partition coefficient (Wildman–Crippen LogP) is 4.87. The summed E-state index contributed by atoms with van der Waals surface area (Å²) < 4.78 is 6.09. The Hall–Kier alpha value is -3.86. The van der Waals surface area contributed by atoms with Gasteiger partial charge in [0.05, 0.1) is 5.57 Å². The van der Waals surface area contributed by atoms with Crippen LogP contribution in [-0.2, 0) is 22.4 Å². The number of hydrogen-bond acceptors (Lipinski definition) is 4. The number of primary amides is 1. The van der Waals surface area contributed by atoms with Crippen LogP contribution in [0.2, 0.25) is 0 Å². The maximum Gasteiger partial charge on any atom is 0.339 e. The quantitative estimate of drug-likeness (QED) is 0.476. The summed E-state index contributed by atoms with van der Waals surface area (Å²) in [5.41, 5.74) is 7.74. The number of carbonyl (C=O) groups is 2. The van der Waals surface area contributed by atoms with E-state index in [9.17, 15) is 14.7 Å². The van der Waals surface area contributed by atoms with Gasteiger partial charge in [-0.3, -0.25) is 4.79 Å². The van der Waals surface area contributed by atoms with E-state index in [2.05, 4.69) is 0 Å². The molecule has 0 bridgehead atoms. The average Bonchev–Trinajstić information content (AvgIpc) is 3.65. The number of aliphatic hydroxyl groups excluding tert-OH is 1. The van der Waals surface area contributed by atoms with Crippen molar-refractivity contribution in [3.63, 3.8) is 0 Å². The summed E-state index contributed by atoms with van der Waals surface area (Å²) in [5.74, 6) is -1.17. The van der Waals surface area contributed by atoms with Gasteiger partial charge in [0, 0.05) is 24.3 Å². The van der Waals surface area contributed by atoms with Crippen LogP contribution in [0.15, 0.2) is 96.3 Å². The van der Waals surface area contributed by atoms with Crippen molar-refractivity contribution in [2.45, 2.75) is 37.2 Å². The Morgan fingerprint density at radius 1 is 0.941 bits per heavy atom. The number of hydrogen-bond donors (Lipinski definition) is 2. The van der Waals surface area contributed by atoms with Gasteiger partial charge in [0.2, 0.25) is 5.91 Å². The van der Waals surface area contributed by atoms with Crippen LogP contribution in [0.3, 0.4) is 0 Å². The molecule has 1 aliphatic carbocycles. The lowest BCUT2D eigenvalue weighted by Crippen LogP contribution is -2.37. The Morgan fingerprint density at radius 3 is 2.06 bits per heavy atom. The summed E-state index contributed by atoms with van der Waals surface area (Å²) in [4.78, 5) is 25.2. The topological polar surface area (TPSA) is 89.6 Å². The van der Waals surface area contributed by atoms with E-state index in [0.29, 0.717) is 24.0 Å². The zero-order chi connectivity index (χ0) is 23.7. The highest BCUT2D eigenvalue weighted by Gasteiger charge is 2.52. The van der Waals surface area contributed by atoms with Gasteiger partial charge in [0.1, 0.15) is 5.76 Å². The second-order valence-electron chi connectivity index (χ2n) is 9.28. The van der Waals surface area contributed by atoms with Gasteiger partial charge in [-0.05, 0) is 47.6 Å². The Balaban J connectivity index is 1.61. The minimum Gasteiger partial charge on any atom is -0.507 e. The van der Waals surface area contributed by atoms with E-state index in [1.165, 1.54) is 0 Å². The normalized spacial score (nSPS) is 17.9. The van der Waals surface area contributed by atoms with Crippen molar-refractivity contribution >= 4 is 11.9 Å². The van der Waals surface area contributed by atoms with Crippen LogP contribution in [0.5, 0.6) is 0 Å². The van der Waals surface area contributed by atoms with Crippen LogP contribution in [0.4, 0.5) is 0 Å². The van der Waals surface area contributed by atoms with E-state index in [0.717, 1.165) is 29.5 Å². The first-order valence-corrected chi connectivity index (χ1v) is 11.6. The Bertz CT molecular complexity index is 1200. The number of nitrogens with two attached hydrogens (primary N) is 1. The third-order valence-electron chi connectivity index (χ3n) is 6.79. The maximum absolute atomic E-state index is 13.4. The van der Waals surface area contributed by atoms with Gasteiger partial charge in [-0.15, -0.1) is 0 Å². The lowest BCUT2D eigenvalue weighted by Gasteiger charge is -2.29. The summed E-state index contributed by atoms with van der Waals surface area (Å²) in [6.45, 7) is 0. The number of amides is 1. The number of carbonyl (C=O) groups excluding carboxylic acids is 2. The monoisotopic (exact) mass is 453 g/mol. The molecule has 3 N–H and O–H groups in total. The van der Waals surface area contributed by atoms with E-state index in [4.69, 9.17) is 10.5 Å². The number of esters is 1. The molecular formula is C29H27NO4. The number of rotatable bonds is 8. The number of cyclic esters (lactones) is 1. The molecule has 1 saturated carbocycles. The largest absolute Gasteiger partial charge is 0.507 e. The van der Waals surface area contributed by atoms with Crippen molar-refractivity contribution in [1.29, 1.82) is 0 Å². The molecule has 0 radical (unpaired) electrons. The molecule has 5 heteroatoms. The third kappa shape index (κ3) is 4.21. The molecule has 0 aromatic heterocycles. The third-order valence-corrected chi connectivity index (χ3v) is 6.79. The van der Waals surface area contributed by atoms with E-state index < -0.39 is 17.5 Å². The first-order valence-electron chi connectivity index (χ1n) is 11.6. The number of ether oxygens (including phenoxy) is 1. The zero-order valence-corrected chi connectivity index (χ0v) is 18.8. The fourth-order valence-electron chi connectivity index (χ4n) is 5.04. The molecule has 1 amide bonds. The van der Waals surface area contributed by atoms with Crippen LogP contribution < -0.4 is 5.73 Å². The van der Waals surface area contributed by atoms with Crippen molar-refractivity contribution in [2.75, 3.05) is 0 Å². The first-order chi connectivity index (χ1) is 16.5. The Labute approximate surface area is 198 Å². The first kappa shape index (κ1) is 22.0. The molecule has 0 saturated heterocycles. The van der Waals surface area contributed by atoms with Crippen molar-refractivity contribution in [3.8, 4) is 0 Å². The zero-order valence-electron chi connectivity index (χ0n) is 18.8. The highest BCUT2D eigenvalue weighted by molar-refractivity contribution is 5.95. The van der Waals surface area contributed by atoms with Crippen molar-refractivity contribution < 1.29 is 19.4 Å². The van der Waals surface area contributed by atoms with E-state index in [1.54, 1.807) is 18.2 Å². The van der Waals surface area contributed by atoms with Gasteiger partial charge in [0.25, 0.3) is 0 Å². The van der Waals surface area contributed by atoms with Crippen LogP contribution in [0.1, 0.15) is 45.8 Å². The van der Waals surface area contributed by atoms with Crippen LogP contribution >= 0.6 is 0 Å². The summed E-state index contributed by atoms with van der Waals surface area (Å²) in [5, 5.41) is 11.7. The van der Waals surface area contributed by atoms with Gasteiger partial charge < -0.3 is 15.6 Å². The highest BCUT2D eigenvalue weighted by Crippen LogP contribution is 2.51. The van der Waals surface area contributed by atoms with E-state index in [1.807, 2.05) is 66.7 Å². The SMILES string of the molecule is NC(=O)c1cccc(C(C2=C(O)C(Cc3ccccc3)(Cc3ccccc3)OC2=O)C2CC2)c1. The molecule has 2 aliphatic rings. The summed E-state index contributed by atoms with van der Waals surface area (Å²) >= 11 is 0. The fraction of sp³-hybridized carbons (Fsp3) is 0.241. The molecular weight excluding hydrogens is 426 g/mol.